The van der Waals surface area contributed by atoms with Gasteiger partial charge >= 0.3 is 5.97 Å². The minimum absolute atomic E-state index is 0.0799. The Morgan fingerprint density at radius 2 is 1.55 bits per heavy atom. The Labute approximate surface area is 293 Å². The lowest BCUT2D eigenvalue weighted by Crippen LogP contribution is -2.30. The normalized spacial score (nSPS) is 11.7. The number of esters is 1. The first-order chi connectivity index (χ1) is 23.6. The number of carbonyl (C=O) groups excluding carboxylic acids is 4. The highest BCUT2D eigenvalue weighted by atomic mass is 32.2. The third-order valence-electron chi connectivity index (χ3n) is 7.57. The Kier molecular flexibility index (Phi) is 11.5. The zero-order valence-electron chi connectivity index (χ0n) is 27.4. The summed E-state index contributed by atoms with van der Waals surface area (Å²) in [7, 11) is 1.31. The first-order valence-corrected chi connectivity index (χ1v) is 17.2. The van der Waals surface area contributed by atoms with E-state index in [1.807, 2.05) is 79.9 Å². The molecule has 5 aromatic rings. The van der Waals surface area contributed by atoms with E-state index in [9.17, 15) is 19.2 Å². The van der Waals surface area contributed by atoms with Crippen LogP contribution in [0.2, 0.25) is 0 Å². The first-order valence-electron chi connectivity index (χ1n) is 15.4. The van der Waals surface area contributed by atoms with Crippen LogP contribution in [0.4, 0.5) is 10.7 Å². The molecule has 0 saturated carbocycles. The van der Waals surface area contributed by atoms with Crippen molar-refractivity contribution in [3.63, 3.8) is 0 Å². The van der Waals surface area contributed by atoms with Gasteiger partial charge in [-0.1, -0.05) is 78.4 Å². The van der Waals surface area contributed by atoms with E-state index in [-0.39, 0.29) is 11.6 Å². The van der Waals surface area contributed by atoms with Crippen LogP contribution in [0.5, 0.6) is 0 Å². The number of rotatable bonds is 11. The monoisotopic (exact) mass is 689 g/mol. The SMILES string of the molecule is COC(=O)c1c(-c2ccc(C)cc2)csc1NC(=O)C(C)Sc1cccc(NC(=O)/C(=C/c2ccccc2C)NC(=O)c2ccccc2)c1. The number of methoxy groups -OCH3 is 1. The van der Waals surface area contributed by atoms with Gasteiger partial charge in [-0.3, -0.25) is 14.4 Å². The molecule has 4 aromatic carbocycles. The number of anilines is 2. The summed E-state index contributed by atoms with van der Waals surface area (Å²) in [4.78, 5) is 53.5. The summed E-state index contributed by atoms with van der Waals surface area (Å²) < 4.78 is 5.05. The Bertz CT molecular complexity index is 2020. The van der Waals surface area contributed by atoms with Gasteiger partial charge in [0.1, 0.15) is 16.3 Å². The number of aryl methyl sites for hydroxylation is 2. The first kappa shape index (κ1) is 34.9. The molecule has 10 heteroatoms. The Morgan fingerprint density at radius 3 is 2.27 bits per heavy atom. The number of amides is 3. The van der Waals surface area contributed by atoms with E-state index in [1.165, 1.54) is 30.2 Å². The number of thiophene rings is 1. The minimum Gasteiger partial charge on any atom is -0.465 e. The van der Waals surface area contributed by atoms with E-state index < -0.39 is 23.0 Å². The maximum Gasteiger partial charge on any atom is 0.341 e. The fraction of sp³-hybridized carbons (Fsp3) is 0.128. The molecule has 3 N–H and O–H groups in total. The van der Waals surface area contributed by atoms with Gasteiger partial charge in [-0.25, -0.2) is 4.79 Å². The van der Waals surface area contributed by atoms with Gasteiger partial charge in [0.25, 0.3) is 11.8 Å². The average molecular weight is 690 g/mol. The van der Waals surface area contributed by atoms with Gasteiger partial charge in [0, 0.05) is 27.1 Å². The van der Waals surface area contributed by atoms with Gasteiger partial charge < -0.3 is 20.7 Å². The second-order valence-electron chi connectivity index (χ2n) is 11.2. The Hall–Kier alpha value is -5.45. The summed E-state index contributed by atoms with van der Waals surface area (Å²) in [5, 5.41) is 10.2. The highest BCUT2D eigenvalue weighted by Gasteiger charge is 2.24. The molecule has 1 atom stereocenters. The lowest BCUT2D eigenvalue weighted by Gasteiger charge is -2.14. The molecule has 1 aromatic heterocycles. The smallest absolute Gasteiger partial charge is 0.341 e. The van der Waals surface area contributed by atoms with Crippen molar-refractivity contribution < 1.29 is 23.9 Å². The van der Waals surface area contributed by atoms with E-state index in [0.717, 1.165) is 27.1 Å². The van der Waals surface area contributed by atoms with Crippen molar-refractivity contribution in [3.05, 3.63) is 142 Å². The van der Waals surface area contributed by atoms with E-state index in [0.29, 0.717) is 27.4 Å². The molecule has 0 radical (unpaired) electrons. The molecule has 1 heterocycles. The summed E-state index contributed by atoms with van der Waals surface area (Å²) in [5.41, 5.74) is 5.66. The van der Waals surface area contributed by atoms with Gasteiger partial charge in [-0.05, 0) is 73.9 Å². The van der Waals surface area contributed by atoms with E-state index in [2.05, 4.69) is 16.0 Å². The number of hydrogen-bond donors (Lipinski definition) is 3. The second-order valence-corrected chi connectivity index (χ2v) is 13.5. The third kappa shape index (κ3) is 8.92. The summed E-state index contributed by atoms with van der Waals surface area (Å²) >= 11 is 2.56. The van der Waals surface area contributed by atoms with Crippen molar-refractivity contribution in [2.24, 2.45) is 0 Å². The molecule has 0 spiro atoms. The number of carbonyl (C=O) groups is 4. The van der Waals surface area contributed by atoms with Crippen LogP contribution in [0.1, 0.15) is 44.3 Å². The van der Waals surface area contributed by atoms with Crippen molar-refractivity contribution in [1.82, 2.24) is 5.32 Å². The molecule has 8 nitrogen and oxygen atoms in total. The molecular weight excluding hydrogens is 655 g/mol. The molecule has 0 aliphatic heterocycles. The van der Waals surface area contributed by atoms with Crippen molar-refractivity contribution >= 4 is 63.6 Å². The Balaban J connectivity index is 1.30. The van der Waals surface area contributed by atoms with Crippen LogP contribution in [0.15, 0.2) is 119 Å². The van der Waals surface area contributed by atoms with Crippen LogP contribution in [-0.2, 0) is 14.3 Å². The van der Waals surface area contributed by atoms with Crippen LogP contribution in [0, 0.1) is 13.8 Å². The quantitative estimate of drug-likeness (QED) is 0.0730. The van der Waals surface area contributed by atoms with E-state index >= 15 is 0 Å². The fourth-order valence-electron chi connectivity index (χ4n) is 4.86. The maximum absolute atomic E-state index is 13.6. The number of thioether (sulfide) groups is 1. The molecule has 5 rings (SSSR count). The molecule has 0 aliphatic rings. The molecule has 248 valence electrons. The van der Waals surface area contributed by atoms with Gasteiger partial charge in [0.2, 0.25) is 5.91 Å². The molecule has 0 aliphatic carbocycles. The number of ether oxygens (including phenoxy) is 1. The van der Waals surface area contributed by atoms with Gasteiger partial charge in [-0.15, -0.1) is 23.1 Å². The number of benzene rings is 4. The zero-order chi connectivity index (χ0) is 34.9. The van der Waals surface area contributed by atoms with Crippen LogP contribution >= 0.6 is 23.1 Å². The van der Waals surface area contributed by atoms with E-state index in [4.69, 9.17) is 4.74 Å². The van der Waals surface area contributed by atoms with Gasteiger partial charge in [0.05, 0.1) is 12.4 Å². The van der Waals surface area contributed by atoms with Crippen LogP contribution < -0.4 is 16.0 Å². The molecule has 0 fully saturated rings. The number of hydrogen-bond acceptors (Lipinski definition) is 7. The average Bonchev–Trinajstić information content (AvgIpc) is 3.52. The molecule has 0 bridgehead atoms. The topological polar surface area (TPSA) is 114 Å². The van der Waals surface area contributed by atoms with Crippen molar-refractivity contribution in [3.8, 4) is 11.1 Å². The van der Waals surface area contributed by atoms with Gasteiger partial charge in [0.15, 0.2) is 0 Å². The third-order valence-corrected chi connectivity index (χ3v) is 9.56. The van der Waals surface area contributed by atoms with E-state index in [1.54, 1.807) is 55.5 Å². The summed E-state index contributed by atoms with van der Waals surface area (Å²) in [5.74, 6) is -1.75. The van der Waals surface area contributed by atoms with Crippen LogP contribution in [-0.4, -0.2) is 36.1 Å². The highest BCUT2D eigenvalue weighted by Crippen LogP contribution is 2.37. The van der Waals surface area contributed by atoms with Gasteiger partial charge in [-0.2, -0.15) is 0 Å². The maximum atomic E-state index is 13.6. The Morgan fingerprint density at radius 1 is 0.837 bits per heavy atom. The van der Waals surface area contributed by atoms with Crippen molar-refractivity contribution in [2.45, 2.75) is 30.9 Å². The number of nitrogens with one attached hydrogen (secondary N) is 3. The molecular formula is C39H35N3O5S2. The van der Waals surface area contributed by atoms with Crippen LogP contribution in [0.25, 0.3) is 17.2 Å². The molecule has 49 heavy (non-hydrogen) atoms. The molecule has 3 amide bonds. The molecule has 1 unspecified atom stereocenters. The summed E-state index contributed by atoms with van der Waals surface area (Å²) in [6.45, 7) is 5.68. The highest BCUT2D eigenvalue weighted by molar-refractivity contribution is 8.00. The predicted molar refractivity (Wildman–Crippen MR) is 198 cm³/mol. The minimum atomic E-state index is -0.553. The zero-order valence-corrected chi connectivity index (χ0v) is 29.0. The molecule has 0 saturated heterocycles. The van der Waals surface area contributed by atoms with Crippen LogP contribution in [0.3, 0.4) is 0 Å². The summed E-state index contributed by atoms with van der Waals surface area (Å²) in [6.07, 6.45) is 1.65. The lowest BCUT2D eigenvalue weighted by molar-refractivity contribution is -0.115. The second kappa shape index (κ2) is 16.1. The largest absolute Gasteiger partial charge is 0.465 e. The predicted octanol–water partition coefficient (Wildman–Crippen LogP) is 8.35. The standard InChI is InChI=1S/C39H35N3O5S2/c1-24-17-19-27(20-18-24)32-23-48-38(34(32)39(46)47-4)42-35(43)26(3)49-31-16-10-15-30(22-31)40-37(45)33(21-29-14-9-8-11-25(29)2)41-36(44)28-12-6-5-7-13-28/h5-23,26H,1-4H3,(H,40,45)(H,41,44)(H,42,43)/b33-21-. The van der Waals surface area contributed by atoms with Crippen molar-refractivity contribution in [1.29, 1.82) is 0 Å². The lowest BCUT2D eigenvalue weighted by atomic mass is 10.0. The summed E-state index contributed by atoms with van der Waals surface area (Å²) in [6, 6.07) is 31.1. The fourth-order valence-corrected chi connectivity index (χ4v) is 6.75. The van der Waals surface area contributed by atoms with Crippen molar-refractivity contribution in [2.75, 3.05) is 17.7 Å².